The van der Waals surface area contributed by atoms with Crippen LogP contribution in [0.25, 0.3) is 0 Å². The molecule has 1 N–H and O–H groups in total. The van der Waals surface area contributed by atoms with Crippen LogP contribution in [-0.4, -0.2) is 18.2 Å². The van der Waals surface area contributed by atoms with Gasteiger partial charge in [-0.05, 0) is 29.8 Å². The van der Waals surface area contributed by atoms with E-state index in [2.05, 4.69) is 15.9 Å². The highest BCUT2D eigenvalue weighted by Crippen LogP contribution is 2.36. The van der Waals surface area contributed by atoms with E-state index in [1.54, 1.807) is 6.92 Å². The van der Waals surface area contributed by atoms with Gasteiger partial charge in [0.25, 0.3) is 0 Å². The molecule has 0 radical (unpaired) electrons. The van der Waals surface area contributed by atoms with Crippen LogP contribution < -0.4 is 4.74 Å². The average molecular weight is 277 g/mol. The van der Waals surface area contributed by atoms with Crippen molar-refractivity contribution in [3.63, 3.8) is 0 Å². The first-order valence-corrected chi connectivity index (χ1v) is 4.96. The lowest BCUT2D eigenvalue weighted by molar-refractivity contribution is 0.0691. The number of hydrogen-bond acceptors (Lipinski definition) is 2. The summed E-state index contributed by atoms with van der Waals surface area (Å²) < 4.78 is 18.9. The molecule has 5 heteroatoms. The molecule has 0 saturated heterocycles. The average Bonchev–Trinajstić information content (AvgIpc) is 2.19. The maximum absolute atomic E-state index is 13.6. The number of ether oxygens (including phenoxy) is 1. The van der Waals surface area contributed by atoms with Crippen LogP contribution in [0.5, 0.6) is 5.75 Å². The lowest BCUT2D eigenvalue weighted by Gasteiger charge is -2.13. The molecule has 0 spiro atoms. The predicted octanol–water partition coefficient (Wildman–Crippen LogP) is 2.91. The quantitative estimate of drug-likeness (QED) is 0.904. The molecule has 82 valence electrons. The Morgan fingerprint density at radius 3 is 2.33 bits per heavy atom. The molecule has 0 atom stereocenters. The number of carboxylic acid groups (broad SMARTS) is 1. The maximum atomic E-state index is 13.6. The van der Waals surface area contributed by atoms with Crippen molar-refractivity contribution in [1.82, 2.24) is 0 Å². The summed E-state index contributed by atoms with van der Waals surface area (Å²) >= 11 is 3.12. The first-order chi connectivity index (χ1) is 6.91. The number of aromatic carboxylic acids is 1. The molecule has 0 aliphatic heterocycles. The molecule has 0 amide bonds. The SMILES string of the molecule is COc1c(Br)c(C)c(F)c(C)c1C(=O)O. The van der Waals surface area contributed by atoms with Gasteiger partial charge >= 0.3 is 5.97 Å². The minimum absolute atomic E-state index is 0.0834. The van der Waals surface area contributed by atoms with Crippen molar-refractivity contribution in [2.45, 2.75) is 13.8 Å². The second-order valence-electron chi connectivity index (χ2n) is 3.09. The van der Waals surface area contributed by atoms with E-state index >= 15 is 0 Å². The van der Waals surface area contributed by atoms with Gasteiger partial charge in [-0.2, -0.15) is 0 Å². The maximum Gasteiger partial charge on any atom is 0.339 e. The van der Waals surface area contributed by atoms with E-state index in [9.17, 15) is 9.18 Å². The molecule has 1 aromatic rings. The summed E-state index contributed by atoms with van der Waals surface area (Å²) in [6.07, 6.45) is 0. The van der Waals surface area contributed by atoms with Gasteiger partial charge in [0.05, 0.1) is 11.6 Å². The van der Waals surface area contributed by atoms with Gasteiger partial charge in [-0.1, -0.05) is 0 Å². The van der Waals surface area contributed by atoms with Gasteiger partial charge in [0.2, 0.25) is 0 Å². The van der Waals surface area contributed by atoms with Crippen LogP contribution in [0.15, 0.2) is 4.47 Å². The van der Waals surface area contributed by atoms with Crippen LogP contribution in [-0.2, 0) is 0 Å². The van der Waals surface area contributed by atoms with E-state index in [1.807, 2.05) is 0 Å². The smallest absolute Gasteiger partial charge is 0.339 e. The number of methoxy groups -OCH3 is 1. The van der Waals surface area contributed by atoms with Crippen molar-refractivity contribution in [3.8, 4) is 5.75 Å². The molecule has 0 fully saturated rings. The zero-order valence-corrected chi connectivity index (χ0v) is 10.1. The molecule has 0 saturated carbocycles. The van der Waals surface area contributed by atoms with Crippen LogP contribution in [0.4, 0.5) is 4.39 Å². The molecule has 15 heavy (non-hydrogen) atoms. The molecule has 1 aromatic carbocycles. The van der Waals surface area contributed by atoms with Crippen molar-refractivity contribution in [2.24, 2.45) is 0 Å². The summed E-state index contributed by atoms with van der Waals surface area (Å²) in [4.78, 5) is 10.9. The van der Waals surface area contributed by atoms with Crippen LogP contribution >= 0.6 is 15.9 Å². The summed E-state index contributed by atoms with van der Waals surface area (Å²) in [5, 5.41) is 8.95. The van der Waals surface area contributed by atoms with Gasteiger partial charge in [-0.15, -0.1) is 0 Å². The first-order valence-electron chi connectivity index (χ1n) is 4.17. The lowest BCUT2D eigenvalue weighted by Crippen LogP contribution is -2.07. The topological polar surface area (TPSA) is 46.5 Å². The third-order valence-electron chi connectivity index (χ3n) is 2.21. The van der Waals surface area contributed by atoms with Gasteiger partial charge in [-0.3, -0.25) is 0 Å². The summed E-state index contributed by atoms with van der Waals surface area (Å²) in [6, 6.07) is 0. The van der Waals surface area contributed by atoms with Gasteiger partial charge < -0.3 is 9.84 Å². The Hall–Kier alpha value is -1.10. The van der Waals surface area contributed by atoms with Crippen molar-refractivity contribution in [1.29, 1.82) is 0 Å². The molecule has 0 aliphatic rings. The Kier molecular flexibility index (Phi) is 3.34. The second kappa shape index (κ2) is 4.18. The second-order valence-corrected chi connectivity index (χ2v) is 3.88. The van der Waals surface area contributed by atoms with Crippen molar-refractivity contribution >= 4 is 21.9 Å². The molecule has 1 rings (SSSR count). The minimum Gasteiger partial charge on any atom is -0.495 e. The third-order valence-corrected chi connectivity index (χ3v) is 3.16. The van der Waals surface area contributed by atoms with E-state index in [0.29, 0.717) is 10.0 Å². The Balaban J connectivity index is 3.70. The van der Waals surface area contributed by atoms with Crippen molar-refractivity contribution < 1.29 is 19.0 Å². The van der Waals surface area contributed by atoms with E-state index in [4.69, 9.17) is 9.84 Å². The number of benzene rings is 1. The van der Waals surface area contributed by atoms with Gasteiger partial charge in [0.15, 0.2) is 0 Å². The molecule has 0 unspecified atom stereocenters. The highest BCUT2D eigenvalue weighted by atomic mass is 79.9. The fraction of sp³-hybridized carbons (Fsp3) is 0.300. The summed E-state index contributed by atoms with van der Waals surface area (Å²) in [5.41, 5.74) is 0.280. The van der Waals surface area contributed by atoms with Crippen molar-refractivity contribution in [3.05, 3.63) is 27.0 Å². The molecule has 0 aliphatic carbocycles. The normalized spacial score (nSPS) is 10.2. The summed E-state index contributed by atoms with van der Waals surface area (Å²) in [5.74, 6) is -1.58. The Labute approximate surface area is 95.0 Å². The molecule has 0 heterocycles. The lowest BCUT2D eigenvalue weighted by atomic mass is 10.0. The summed E-state index contributed by atoms with van der Waals surface area (Å²) in [7, 11) is 1.35. The van der Waals surface area contributed by atoms with E-state index in [-0.39, 0.29) is 16.9 Å². The zero-order valence-electron chi connectivity index (χ0n) is 8.52. The van der Waals surface area contributed by atoms with Crippen LogP contribution in [0.3, 0.4) is 0 Å². The van der Waals surface area contributed by atoms with Gasteiger partial charge in [0, 0.05) is 11.1 Å². The molecule has 3 nitrogen and oxygen atoms in total. The molecule has 0 bridgehead atoms. The monoisotopic (exact) mass is 276 g/mol. The minimum atomic E-state index is -1.20. The Morgan fingerprint density at radius 2 is 1.93 bits per heavy atom. The Bertz CT molecular complexity index is 429. The number of carbonyl (C=O) groups is 1. The van der Waals surface area contributed by atoms with Crippen LogP contribution in [0, 0.1) is 19.7 Å². The number of hydrogen-bond donors (Lipinski definition) is 1. The molecular weight excluding hydrogens is 267 g/mol. The zero-order chi connectivity index (χ0) is 11.7. The van der Waals surface area contributed by atoms with Gasteiger partial charge in [-0.25, -0.2) is 9.18 Å². The van der Waals surface area contributed by atoms with E-state index in [1.165, 1.54) is 14.0 Å². The van der Waals surface area contributed by atoms with Crippen molar-refractivity contribution in [2.75, 3.05) is 7.11 Å². The van der Waals surface area contributed by atoms with Gasteiger partial charge in [0.1, 0.15) is 17.1 Å². The number of halogens is 2. The number of carboxylic acids is 1. The largest absolute Gasteiger partial charge is 0.495 e. The standard InChI is InChI=1S/C10H10BrFO3/c1-4-6(10(13)14)9(15-3)7(11)5(2)8(4)12/h1-3H3,(H,13,14). The van der Waals surface area contributed by atoms with E-state index < -0.39 is 11.8 Å². The van der Waals surface area contributed by atoms with Crippen LogP contribution in [0.1, 0.15) is 21.5 Å². The molecular formula is C10H10BrFO3. The highest BCUT2D eigenvalue weighted by molar-refractivity contribution is 9.10. The fourth-order valence-electron chi connectivity index (χ4n) is 1.39. The summed E-state index contributed by atoms with van der Waals surface area (Å²) in [6.45, 7) is 2.97. The Morgan fingerprint density at radius 1 is 1.40 bits per heavy atom. The highest BCUT2D eigenvalue weighted by Gasteiger charge is 2.23. The third kappa shape index (κ3) is 1.84. The predicted molar refractivity (Wildman–Crippen MR) is 57.1 cm³/mol. The van der Waals surface area contributed by atoms with Crippen LogP contribution in [0.2, 0.25) is 0 Å². The fourth-order valence-corrected chi connectivity index (χ4v) is 1.92. The number of rotatable bonds is 2. The first kappa shape index (κ1) is 12.0. The van der Waals surface area contributed by atoms with E-state index in [0.717, 1.165) is 0 Å². The molecule has 0 aromatic heterocycles.